The Morgan fingerprint density at radius 3 is 2.41 bits per heavy atom. The third-order valence-corrected chi connectivity index (χ3v) is 5.24. The fraction of sp³-hybridized carbons (Fsp3) is 0.316. The number of hydrogen-bond acceptors (Lipinski definition) is 3. The SMILES string of the molecule is CC1(C)Oc2c(c(=O)oc3c2ccc2ccccc23)C1(C)C. The number of ether oxygens (including phenoxy) is 1. The summed E-state index contributed by atoms with van der Waals surface area (Å²) in [4.78, 5) is 12.6. The molecule has 1 aromatic heterocycles. The van der Waals surface area contributed by atoms with E-state index in [9.17, 15) is 4.79 Å². The molecule has 3 heteroatoms. The first-order valence-electron chi connectivity index (χ1n) is 7.51. The molecule has 0 saturated carbocycles. The molecule has 0 fully saturated rings. The van der Waals surface area contributed by atoms with Crippen molar-refractivity contribution in [1.29, 1.82) is 0 Å². The van der Waals surface area contributed by atoms with Gasteiger partial charge in [-0.25, -0.2) is 4.79 Å². The standard InChI is InChI=1S/C19H18O3/c1-18(2)14-16(22-19(18,3)4)13-10-9-11-7-5-6-8-12(11)15(13)21-17(14)20/h5-10H,1-4H3. The van der Waals surface area contributed by atoms with Crippen LogP contribution in [0, 0.1) is 0 Å². The van der Waals surface area contributed by atoms with Crippen molar-refractivity contribution < 1.29 is 9.15 Å². The predicted molar refractivity (Wildman–Crippen MR) is 87.7 cm³/mol. The summed E-state index contributed by atoms with van der Waals surface area (Å²) < 4.78 is 11.9. The van der Waals surface area contributed by atoms with Gasteiger partial charge in [0, 0.05) is 10.8 Å². The Bertz CT molecular complexity index is 977. The van der Waals surface area contributed by atoms with Gasteiger partial charge >= 0.3 is 5.63 Å². The third kappa shape index (κ3) is 1.48. The number of benzene rings is 2. The van der Waals surface area contributed by atoms with Crippen LogP contribution in [-0.2, 0) is 5.41 Å². The Morgan fingerprint density at radius 2 is 1.64 bits per heavy atom. The minimum Gasteiger partial charge on any atom is -0.486 e. The van der Waals surface area contributed by atoms with Crippen LogP contribution >= 0.6 is 0 Å². The Hall–Kier alpha value is -2.29. The summed E-state index contributed by atoms with van der Waals surface area (Å²) in [5, 5.41) is 2.85. The summed E-state index contributed by atoms with van der Waals surface area (Å²) in [5.74, 6) is 0.673. The molecule has 0 atom stereocenters. The van der Waals surface area contributed by atoms with Gasteiger partial charge in [-0.1, -0.05) is 44.2 Å². The average molecular weight is 294 g/mol. The van der Waals surface area contributed by atoms with Crippen LogP contribution in [-0.4, -0.2) is 5.60 Å². The molecule has 0 aliphatic carbocycles. The topological polar surface area (TPSA) is 39.4 Å². The minimum atomic E-state index is -0.454. The fourth-order valence-electron chi connectivity index (χ4n) is 3.23. The van der Waals surface area contributed by atoms with Gasteiger partial charge in [-0.2, -0.15) is 0 Å². The lowest BCUT2D eigenvalue weighted by molar-refractivity contribution is 0.0720. The zero-order valence-electron chi connectivity index (χ0n) is 13.2. The van der Waals surface area contributed by atoms with Crippen LogP contribution in [0.5, 0.6) is 5.75 Å². The zero-order valence-corrected chi connectivity index (χ0v) is 13.2. The molecule has 1 aliphatic heterocycles. The lowest BCUT2D eigenvalue weighted by atomic mass is 9.74. The summed E-state index contributed by atoms with van der Waals surface area (Å²) in [5.41, 5.74) is 0.0947. The third-order valence-electron chi connectivity index (χ3n) is 5.24. The number of rotatable bonds is 0. The van der Waals surface area contributed by atoms with Gasteiger partial charge in [0.15, 0.2) is 0 Å². The molecule has 0 radical (unpaired) electrons. The van der Waals surface area contributed by atoms with Gasteiger partial charge in [0.25, 0.3) is 0 Å². The molecule has 0 bridgehead atoms. The monoisotopic (exact) mass is 294 g/mol. The molecule has 2 heterocycles. The lowest BCUT2D eigenvalue weighted by Crippen LogP contribution is -2.43. The van der Waals surface area contributed by atoms with Crippen molar-refractivity contribution in [2.45, 2.75) is 38.7 Å². The van der Waals surface area contributed by atoms with Gasteiger partial charge < -0.3 is 9.15 Å². The van der Waals surface area contributed by atoms with Crippen LogP contribution in [0.3, 0.4) is 0 Å². The second-order valence-electron chi connectivity index (χ2n) is 6.99. The first kappa shape index (κ1) is 13.4. The van der Waals surface area contributed by atoms with E-state index in [1.165, 1.54) is 0 Å². The quantitative estimate of drug-likeness (QED) is 0.456. The first-order valence-corrected chi connectivity index (χ1v) is 7.51. The van der Waals surface area contributed by atoms with E-state index in [0.29, 0.717) is 16.9 Å². The minimum absolute atomic E-state index is 0.297. The Labute approximate surface area is 128 Å². The van der Waals surface area contributed by atoms with E-state index in [2.05, 4.69) is 0 Å². The highest BCUT2D eigenvalue weighted by atomic mass is 16.5. The maximum absolute atomic E-state index is 12.6. The molecule has 1 aliphatic rings. The van der Waals surface area contributed by atoms with E-state index in [1.807, 2.05) is 64.1 Å². The summed E-state index contributed by atoms with van der Waals surface area (Å²) in [6, 6.07) is 11.9. The molecule has 4 rings (SSSR count). The van der Waals surface area contributed by atoms with Gasteiger partial charge in [-0.05, 0) is 25.3 Å². The first-order chi connectivity index (χ1) is 10.3. The molecular formula is C19H18O3. The van der Waals surface area contributed by atoms with Gasteiger partial charge in [0.1, 0.15) is 16.9 Å². The molecule has 0 N–H and O–H groups in total. The number of hydrogen-bond donors (Lipinski definition) is 0. The molecule has 0 spiro atoms. The van der Waals surface area contributed by atoms with Crippen LogP contribution in [0.25, 0.3) is 21.7 Å². The van der Waals surface area contributed by atoms with Crippen LogP contribution in [0.15, 0.2) is 45.6 Å². The van der Waals surface area contributed by atoms with Gasteiger partial charge in [-0.15, -0.1) is 0 Å². The number of fused-ring (bicyclic) bond motifs is 5. The summed E-state index contributed by atoms with van der Waals surface area (Å²) in [6.07, 6.45) is 0. The highest BCUT2D eigenvalue weighted by Gasteiger charge is 2.51. The van der Waals surface area contributed by atoms with Crippen LogP contribution in [0.1, 0.15) is 33.3 Å². The Morgan fingerprint density at radius 1 is 0.909 bits per heavy atom. The van der Waals surface area contributed by atoms with Crippen molar-refractivity contribution >= 4 is 21.7 Å². The van der Waals surface area contributed by atoms with Gasteiger partial charge in [0.05, 0.1) is 10.9 Å². The molecule has 22 heavy (non-hydrogen) atoms. The van der Waals surface area contributed by atoms with E-state index >= 15 is 0 Å². The van der Waals surface area contributed by atoms with E-state index in [0.717, 1.165) is 16.2 Å². The van der Waals surface area contributed by atoms with Crippen LogP contribution in [0.2, 0.25) is 0 Å². The predicted octanol–water partition coefficient (Wildman–Crippen LogP) is 4.39. The van der Waals surface area contributed by atoms with Crippen molar-refractivity contribution in [1.82, 2.24) is 0 Å². The summed E-state index contributed by atoms with van der Waals surface area (Å²) >= 11 is 0. The summed E-state index contributed by atoms with van der Waals surface area (Å²) in [6.45, 7) is 8.09. The normalized spacial score (nSPS) is 18.4. The highest BCUT2D eigenvalue weighted by Crippen LogP contribution is 2.50. The van der Waals surface area contributed by atoms with Crippen molar-refractivity contribution in [3.05, 3.63) is 52.4 Å². The lowest BCUT2D eigenvalue weighted by Gasteiger charge is -2.32. The molecule has 3 aromatic rings. The fourth-order valence-corrected chi connectivity index (χ4v) is 3.23. The molecule has 0 unspecified atom stereocenters. The van der Waals surface area contributed by atoms with E-state index < -0.39 is 11.0 Å². The van der Waals surface area contributed by atoms with Crippen LogP contribution < -0.4 is 10.4 Å². The Kier molecular flexibility index (Phi) is 2.38. The largest absolute Gasteiger partial charge is 0.486 e. The van der Waals surface area contributed by atoms with Crippen molar-refractivity contribution in [3.63, 3.8) is 0 Å². The second-order valence-corrected chi connectivity index (χ2v) is 6.99. The van der Waals surface area contributed by atoms with E-state index in [4.69, 9.17) is 9.15 Å². The van der Waals surface area contributed by atoms with E-state index in [1.54, 1.807) is 0 Å². The van der Waals surface area contributed by atoms with Crippen LogP contribution in [0.4, 0.5) is 0 Å². The smallest absolute Gasteiger partial charge is 0.343 e. The molecule has 0 amide bonds. The molecule has 3 nitrogen and oxygen atoms in total. The van der Waals surface area contributed by atoms with Crippen molar-refractivity contribution in [2.24, 2.45) is 0 Å². The highest BCUT2D eigenvalue weighted by molar-refractivity contribution is 6.06. The maximum atomic E-state index is 12.6. The van der Waals surface area contributed by atoms with Crippen molar-refractivity contribution in [2.75, 3.05) is 0 Å². The molecule has 0 saturated heterocycles. The molecule has 112 valence electrons. The molecular weight excluding hydrogens is 276 g/mol. The summed E-state index contributed by atoms with van der Waals surface area (Å²) in [7, 11) is 0. The van der Waals surface area contributed by atoms with Gasteiger partial charge in [0.2, 0.25) is 0 Å². The maximum Gasteiger partial charge on any atom is 0.343 e. The zero-order chi connectivity index (χ0) is 15.7. The van der Waals surface area contributed by atoms with Gasteiger partial charge in [-0.3, -0.25) is 0 Å². The van der Waals surface area contributed by atoms with Crippen molar-refractivity contribution in [3.8, 4) is 5.75 Å². The Balaban J connectivity index is 2.20. The van der Waals surface area contributed by atoms with E-state index in [-0.39, 0.29) is 5.63 Å². The molecule has 2 aromatic carbocycles. The second kappa shape index (κ2) is 3.92. The average Bonchev–Trinajstić information content (AvgIpc) is 2.65.